The van der Waals surface area contributed by atoms with E-state index < -0.39 is 0 Å². The number of halogens is 1. The number of nitrogens with one attached hydrogen (secondary N) is 1. The molecule has 0 unspecified atom stereocenters. The largest absolute Gasteiger partial charge is 0.493 e. The first-order valence-corrected chi connectivity index (χ1v) is 9.20. The van der Waals surface area contributed by atoms with E-state index in [0.717, 1.165) is 35.2 Å². The Kier molecular flexibility index (Phi) is 5.35. The van der Waals surface area contributed by atoms with Gasteiger partial charge in [0.1, 0.15) is 11.6 Å². The van der Waals surface area contributed by atoms with Crippen molar-refractivity contribution in [2.75, 3.05) is 13.7 Å². The van der Waals surface area contributed by atoms with Crippen LogP contribution < -0.4 is 10.1 Å². The highest BCUT2D eigenvalue weighted by molar-refractivity contribution is 5.90. The minimum Gasteiger partial charge on any atom is -0.493 e. The number of benzene rings is 2. The van der Waals surface area contributed by atoms with E-state index in [2.05, 4.69) is 10.3 Å². The van der Waals surface area contributed by atoms with E-state index in [1.165, 1.54) is 12.1 Å². The Hall–Kier alpha value is -3.18. The van der Waals surface area contributed by atoms with Gasteiger partial charge in [-0.2, -0.15) is 0 Å². The number of nitrogens with zero attached hydrogens (tertiary/aromatic N) is 1. The minimum atomic E-state index is -0.268. The van der Waals surface area contributed by atoms with E-state index in [1.807, 2.05) is 42.6 Å². The van der Waals surface area contributed by atoms with E-state index in [1.54, 1.807) is 19.2 Å². The van der Waals surface area contributed by atoms with Gasteiger partial charge in [0.2, 0.25) is 0 Å². The molecule has 4 nitrogen and oxygen atoms in total. The molecule has 0 saturated carbocycles. The molecule has 142 valence electrons. The topological polar surface area (TPSA) is 47.3 Å². The van der Waals surface area contributed by atoms with Crippen LogP contribution in [-0.4, -0.2) is 18.6 Å². The average Bonchev–Trinajstić information content (AvgIpc) is 3.18. The highest BCUT2D eigenvalue weighted by Gasteiger charge is 2.14. The van der Waals surface area contributed by atoms with Gasteiger partial charge in [-0.15, -0.1) is 0 Å². The van der Waals surface area contributed by atoms with E-state index in [4.69, 9.17) is 9.15 Å². The zero-order valence-corrected chi connectivity index (χ0v) is 15.6. The number of hydrogen-bond acceptors (Lipinski definition) is 4. The number of furan rings is 1. The second-order valence-electron chi connectivity index (χ2n) is 6.54. The number of methoxy groups -OCH3 is 1. The first kappa shape index (κ1) is 18.2. The van der Waals surface area contributed by atoms with Crippen LogP contribution in [0.1, 0.15) is 11.3 Å². The van der Waals surface area contributed by atoms with Crippen LogP contribution in [0.4, 0.5) is 4.39 Å². The monoisotopic (exact) mass is 376 g/mol. The van der Waals surface area contributed by atoms with Gasteiger partial charge in [-0.05, 0) is 54.1 Å². The molecule has 0 saturated heterocycles. The zero-order chi connectivity index (χ0) is 19.3. The van der Waals surface area contributed by atoms with Gasteiger partial charge in [0.25, 0.3) is 0 Å². The van der Waals surface area contributed by atoms with Crippen LogP contribution in [0.3, 0.4) is 0 Å². The first-order valence-electron chi connectivity index (χ1n) is 9.20. The third-order valence-electron chi connectivity index (χ3n) is 4.69. The fourth-order valence-electron chi connectivity index (χ4n) is 3.21. The van der Waals surface area contributed by atoms with Crippen molar-refractivity contribution in [3.63, 3.8) is 0 Å². The van der Waals surface area contributed by atoms with Crippen molar-refractivity contribution in [2.45, 2.75) is 13.0 Å². The molecule has 2 aromatic heterocycles. The molecule has 0 aliphatic rings. The number of hydrogen-bond donors (Lipinski definition) is 1. The lowest BCUT2D eigenvalue weighted by Gasteiger charge is -2.08. The molecule has 1 N–H and O–H groups in total. The van der Waals surface area contributed by atoms with Crippen LogP contribution in [0, 0.1) is 5.82 Å². The average molecular weight is 376 g/mol. The predicted octanol–water partition coefficient (Wildman–Crippen LogP) is 4.97. The Morgan fingerprint density at radius 1 is 1.07 bits per heavy atom. The first-order chi connectivity index (χ1) is 13.7. The number of aromatic nitrogens is 1. The highest BCUT2D eigenvalue weighted by Crippen LogP contribution is 2.35. The molecule has 2 aromatic carbocycles. The molecular formula is C23H21FN2O2. The van der Waals surface area contributed by atoms with Crippen molar-refractivity contribution in [3.05, 3.63) is 83.9 Å². The van der Waals surface area contributed by atoms with Crippen LogP contribution in [0.15, 0.2) is 71.3 Å². The molecule has 0 aliphatic heterocycles. The van der Waals surface area contributed by atoms with Crippen molar-refractivity contribution >= 4 is 11.0 Å². The van der Waals surface area contributed by atoms with Gasteiger partial charge >= 0.3 is 0 Å². The summed E-state index contributed by atoms with van der Waals surface area (Å²) in [5.41, 5.74) is 3.71. The summed E-state index contributed by atoms with van der Waals surface area (Å²) in [6.45, 7) is 1.53. The zero-order valence-electron chi connectivity index (χ0n) is 15.6. The fourth-order valence-corrected chi connectivity index (χ4v) is 3.21. The second kappa shape index (κ2) is 8.23. The van der Waals surface area contributed by atoms with Crippen LogP contribution >= 0.6 is 0 Å². The molecule has 0 amide bonds. The maximum absolute atomic E-state index is 13.2. The Labute approximate surface area is 163 Å². The normalized spacial score (nSPS) is 11.1. The van der Waals surface area contributed by atoms with Gasteiger partial charge in [-0.25, -0.2) is 4.39 Å². The lowest BCUT2D eigenvalue weighted by atomic mass is 10.1. The molecule has 0 aliphatic carbocycles. The summed E-state index contributed by atoms with van der Waals surface area (Å²) < 4.78 is 24.7. The second-order valence-corrected chi connectivity index (χ2v) is 6.54. The number of fused-ring (bicyclic) bond motifs is 1. The summed E-state index contributed by atoms with van der Waals surface area (Å²) in [4.78, 5) is 4.34. The van der Waals surface area contributed by atoms with E-state index in [9.17, 15) is 4.39 Å². The summed E-state index contributed by atoms with van der Waals surface area (Å²) in [5.74, 6) is 1.10. The lowest BCUT2D eigenvalue weighted by Crippen LogP contribution is -2.17. The molecule has 2 heterocycles. The summed E-state index contributed by atoms with van der Waals surface area (Å²) in [5, 5.41) is 4.45. The van der Waals surface area contributed by atoms with Crippen molar-refractivity contribution < 1.29 is 13.5 Å². The van der Waals surface area contributed by atoms with Crippen molar-refractivity contribution in [2.24, 2.45) is 0 Å². The molecular weight excluding hydrogens is 355 g/mol. The molecule has 0 spiro atoms. The SMILES string of the molecule is COc1ccc(CNCCc2ccccn2)c2cc(-c3ccc(F)cc3)oc12. The summed E-state index contributed by atoms with van der Waals surface area (Å²) in [7, 11) is 1.62. The van der Waals surface area contributed by atoms with Crippen molar-refractivity contribution in [1.82, 2.24) is 10.3 Å². The molecule has 28 heavy (non-hydrogen) atoms. The number of pyridine rings is 1. The van der Waals surface area contributed by atoms with E-state index in [0.29, 0.717) is 23.6 Å². The molecule has 4 aromatic rings. The highest BCUT2D eigenvalue weighted by atomic mass is 19.1. The maximum atomic E-state index is 13.2. The fraction of sp³-hybridized carbons (Fsp3) is 0.174. The molecule has 5 heteroatoms. The van der Waals surface area contributed by atoms with Gasteiger partial charge in [-0.1, -0.05) is 12.1 Å². The van der Waals surface area contributed by atoms with Gasteiger partial charge in [0.15, 0.2) is 11.3 Å². The maximum Gasteiger partial charge on any atom is 0.176 e. The van der Waals surface area contributed by atoms with E-state index in [-0.39, 0.29) is 5.82 Å². The van der Waals surface area contributed by atoms with Gasteiger partial charge in [0, 0.05) is 42.4 Å². The Morgan fingerprint density at radius 3 is 2.68 bits per heavy atom. The number of ether oxygens (including phenoxy) is 1. The quantitative estimate of drug-likeness (QED) is 0.463. The predicted molar refractivity (Wildman–Crippen MR) is 108 cm³/mol. The Balaban J connectivity index is 1.55. The number of rotatable bonds is 7. The Bertz CT molecular complexity index is 1060. The van der Waals surface area contributed by atoms with Crippen LogP contribution in [0.25, 0.3) is 22.3 Å². The smallest absolute Gasteiger partial charge is 0.176 e. The lowest BCUT2D eigenvalue weighted by molar-refractivity contribution is 0.411. The van der Waals surface area contributed by atoms with Gasteiger partial charge in [-0.3, -0.25) is 4.98 Å². The van der Waals surface area contributed by atoms with Crippen molar-refractivity contribution in [3.8, 4) is 17.1 Å². The van der Waals surface area contributed by atoms with Crippen LogP contribution in [-0.2, 0) is 13.0 Å². The molecule has 0 bridgehead atoms. The molecule has 4 rings (SSSR count). The third-order valence-corrected chi connectivity index (χ3v) is 4.69. The van der Waals surface area contributed by atoms with Crippen molar-refractivity contribution in [1.29, 1.82) is 0 Å². The Morgan fingerprint density at radius 2 is 1.93 bits per heavy atom. The molecule has 0 radical (unpaired) electrons. The molecule has 0 atom stereocenters. The summed E-state index contributed by atoms with van der Waals surface area (Å²) in [6.07, 6.45) is 2.68. The summed E-state index contributed by atoms with van der Waals surface area (Å²) >= 11 is 0. The summed E-state index contributed by atoms with van der Waals surface area (Å²) in [6, 6.07) is 18.2. The van der Waals surface area contributed by atoms with Gasteiger partial charge < -0.3 is 14.5 Å². The standard InChI is InChI=1S/C23H21FN2O2/c1-27-21-10-7-17(15-25-13-11-19-4-2-3-12-26-19)20-14-22(28-23(20)21)16-5-8-18(24)9-6-16/h2-10,12,14,25H,11,13,15H2,1H3. The van der Waals surface area contributed by atoms with Gasteiger partial charge in [0.05, 0.1) is 7.11 Å². The molecule has 0 fully saturated rings. The third kappa shape index (κ3) is 3.89. The van der Waals surface area contributed by atoms with Crippen LogP contribution in [0.5, 0.6) is 5.75 Å². The van der Waals surface area contributed by atoms with Crippen LogP contribution in [0.2, 0.25) is 0 Å². The van der Waals surface area contributed by atoms with E-state index >= 15 is 0 Å². The minimum absolute atomic E-state index is 0.268.